The number of halogens is 3. The van der Waals surface area contributed by atoms with Crippen molar-refractivity contribution in [3.05, 3.63) is 109 Å². The summed E-state index contributed by atoms with van der Waals surface area (Å²) in [6.45, 7) is 2.94. The van der Waals surface area contributed by atoms with Gasteiger partial charge in [0.1, 0.15) is 0 Å². The van der Waals surface area contributed by atoms with Crippen molar-refractivity contribution in [3.8, 4) is 0 Å². The van der Waals surface area contributed by atoms with Crippen LogP contribution in [0.1, 0.15) is 29.2 Å². The van der Waals surface area contributed by atoms with E-state index in [-0.39, 0.29) is 17.7 Å². The molecule has 2 heterocycles. The quantitative estimate of drug-likeness (QED) is 0.208. The van der Waals surface area contributed by atoms with Gasteiger partial charge in [-0.15, -0.1) is 0 Å². The molecule has 1 aliphatic rings. The zero-order valence-corrected chi connectivity index (χ0v) is 23.2. The Hall–Kier alpha value is -2.51. The first-order valence-corrected chi connectivity index (χ1v) is 13.7. The number of benzene rings is 3. The number of carbonyl (C=O) groups is 2. The van der Waals surface area contributed by atoms with Gasteiger partial charge >= 0.3 is 0 Å². The number of fused-ring (bicyclic) bond motifs is 1. The lowest BCUT2D eigenvalue weighted by atomic mass is 10.1. The molecule has 1 fully saturated rings. The Morgan fingerprint density at radius 1 is 0.972 bits per heavy atom. The highest BCUT2D eigenvalue weighted by atomic mass is 79.9. The maximum Gasteiger partial charge on any atom is 0.293 e. The van der Waals surface area contributed by atoms with Crippen molar-refractivity contribution in [2.24, 2.45) is 0 Å². The largest absolute Gasteiger partial charge is 0.342 e. The van der Waals surface area contributed by atoms with E-state index in [9.17, 15) is 9.59 Å². The third-order valence-corrected chi connectivity index (χ3v) is 8.19. The normalized spacial score (nSPS) is 15.0. The minimum Gasteiger partial charge on any atom is -0.342 e. The van der Waals surface area contributed by atoms with Crippen LogP contribution in [0.3, 0.4) is 0 Å². The average Bonchev–Trinajstić information content (AvgIpc) is 3.33. The minimum absolute atomic E-state index is 0.101. The van der Waals surface area contributed by atoms with Gasteiger partial charge in [-0.3, -0.25) is 14.5 Å². The fourth-order valence-corrected chi connectivity index (χ4v) is 5.94. The Kier molecular flexibility index (Phi) is 7.31. The third-order valence-electron chi connectivity index (χ3n) is 6.16. The second kappa shape index (κ2) is 10.5. The number of aromatic nitrogens is 1. The van der Waals surface area contributed by atoms with Crippen LogP contribution in [-0.4, -0.2) is 20.6 Å². The molecular weight excluding hydrogens is 579 g/mol. The molecule has 182 valence electrons. The molecule has 0 bridgehead atoms. The van der Waals surface area contributed by atoms with Gasteiger partial charge in [0.15, 0.2) is 0 Å². The molecule has 0 radical (unpaired) electrons. The summed E-state index contributed by atoms with van der Waals surface area (Å²) in [6, 6.07) is 19.5. The summed E-state index contributed by atoms with van der Waals surface area (Å²) in [5, 5.41) is 1.67. The zero-order chi connectivity index (χ0) is 25.4. The molecule has 2 amide bonds. The molecule has 1 aliphatic heterocycles. The first-order valence-electron chi connectivity index (χ1n) is 11.4. The van der Waals surface area contributed by atoms with Gasteiger partial charge in [0, 0.05) is 38.2 Å². The molecule has 36 heavy (non-hydrogen) atoms. The monoisotopic (exact) mass is 598 g/mol. The molecular formula is C28H21BrCl2N2O2S. The Labute approximate surface area is 232 Å². The highest BCUT2D eigenvalue weighted by Gasteiger charge is 2.35. The maximum absolute atomic E-state index is 13.2. The molecule has 1 aromatic heterocycles. The summed E-state index contributed by atoms with van der Waals surface area (Å²) in [5.74, 6) is -0.323. The summed E-state index contributed by atoms with van der Waals surface area (Å²) in [5.41, 5.74) is 5.12. The maximum atomic E-state index is 13.2. The molecule has 0 unspecified atom stereocenters. The summed E-state index contributed by atoms with van der Waals surface area (Å²) >= 11 is 16.7. The molecule has 1 saturated heterocycles. The molecule has 8 heteroatoms. The number of carbonyl (C=O) groups excluding carboxylic acids is 2. The standard InChI is InChI=1S/C28H21BrCl2N2O2S/c1-2-18-4-3-5-23-20(15-32(26(18)23)14-17-6-9-21(29)10-7-17)12-25-27(34)33(28(35)36-25)16-19-8-11-22(30)13-24(19)31/h3-13,15H,2,14,16H2,1H3/b25-12-. The number of hydrogen-bond acceptors (Lipinski definition) is 3. The predicted octanol–water partition coefficient (Wildman–Crippen LogP) is 8.56. The first kappa shape index (κ1) is 25.2. The van der Waals surface area contributed by atoms with E-state index in [2.05, 4.69) is 57.9 Å². The number of imide groups is 1. The van der Waals surface area contributed by atoms with E-state index in [1.54, 1.807) is 18.2 Å². The van der Waals surface area contributed by atoms with Crippen LogP contribution in [0.25, 0.3) is 17.0 Å². The zero-order valence-electron chi connectivity index (χ0n) is 19.3. The van der Waals surface area contributed by atoms with E-state index in [0.29, 0.717) is 27.1 Å². The van der Waals surface area contributed by atoms with Crippen molar-refractivity contribution >= 4 is 79.0 Å². The van der Waals surface area contributed by atoms with E-state index >= 15 is 0 Å². The molecule has 5 rings (SSSR count). The minimum atomic E-state index is -0.323. The van der Waals surface area contributed by atoms with E-state index in [0.717, 1.165) is 39.1 Å². The van der Waals surface area contributed by atoms with Gasteiger partial charge in [-0.2, -0.15) is 0 Å². The summed E-state index contributed by atoms with van der Waals surface area (Å²) in [6.07, 6.45) is 4.78. The molecule has 4 aromatic rings. The lowest BCUT2D eigenvalue weighted by Gasteiger charge is -2.13. The first-order chi connectivity index (χ1) is 17.3. The molecule has 0 saturated carbocycles. The number of para-hydroxylation sites is 1. The van der Waals surface area contributed by atoms with Crippen LogP contribution >= 0.6 is 50.9 Å². The van der Waals surface area contributed by atoms with E-state index in [4.69, 9.17) is 23.2 Å². The van der Waals surface area contributed by atoms with E-state index in [1.807, 2.05) is 24.3 Å². The van der Waals surface area contributed by atoms with Crippen molar-refractivity contribution < 1.29 is 9.59 Å². The number of nitrogens with zero attached hydrogens (tertiary/aromatic N) is 2. The number of thioether (sulfide) groups is 1. The SMILES string of the molecule is CCc1cccc2c(/C=C3\SC(=O)N(Cc4ccc(Cl)cc4Cl)C3=O)cn(Cc3ccc(Br)cc3)c12. The second-order valence-corrected chi connectivity index (χ2v) is 11.3. The van der Waals surface area contributed by atoms with Crippen LogP contribution < -0.4 is 0 Å². The fraction of sp³-hybridized carbons (Fsp3) is 0.143. The van der Waals surface area contributed by atoms with Crippen molar-refractivity contribution in [3.63, 3.8) is 0 Å². The van der Waals surface area contributed by atoms with Gasteiger partial charge in [-0.25, -0.2) is 0 Å². The highest BCUT2D eigenvalue weighted by Crippen LogP contribution is 2.36. The van der Waals surface area contributed by atoms with Gasteiger partial charge in [0.05, 0.1) is 17.0 Å². The van der Waals surface area contributed by atoms with Crippen molar-refractivity contribution in [1.82, 2.24) is 9.47 Å². The van der Waals surface area contributed by atoms with Crippen molar-refractivity contribution in [1.29, 1.82) is 0 Å². The predicted molar refractivity (Wildman–Crippen MR) is 153 cm³/mol. The molecule has 0 N–H and O–H groups in total. The number of rotatable bonds is 6. The van der Waals surface area contributed by atoms with Crippen molar-refractivity contribution in [2.75, 3.05) is 0 Å². The van der Waals surface area contributed by atoms with Crippen LogP contribution in [0.4, 0.5) is 4.79 Å². The number of hydrogen-bond donors (Lipinski definition) is 0. The van der Waals surface area contributed by atoms with Crippen LogP contribution in [-0.2, 0) is 24.3 Å². The van der Waals surface area contributed by atoms with Crippen LogP contribution in [0.5, 0.6) is 0 Å². The Bertz CT molecular complexity index is 1530. The summed E-state index contributed by atoms with van der Waals surface area (Å²) in [7, 11) is 0. The lowest BCUT2D eigenvalue weighted by molar-refractivity contribution is -0.123. The van der Waals surface area contributed by atoms with Gasteiger partial charge in [-0.1, -0.05) is 82.5 Å². The Balaban J connectivity index is 1.50. The molecule has 0 atom stereocenters. The van der Waals surface area contributed by atoms with Gasteiger partial charge in [0.25, 0.3) is 11.1 Å². The summed E-state index contributed by atoms with van der Waals surface area (Å²) < 4.78 is 3.26. The summed E-state index contributed by atoms with van der Waals surface area (Å²) in [4.78, 5) is 27.6. The Morgan fingerprint density at radius 3 is 2.47 bits per heavy atom. The van der Waals surface area contributed by atoms with E-state index < -0.39 is 0 Å². The topological polar surface area (TPSA) is 42.3 Å². The van der Waals surface area contributed by atoms with Gasteiger partial charge in [-0.05, 0) is 65.2 Å². The molecule has 3 aromatic carbocycles. The average molecular weight is 600 g/mol. The van der Waals surface area contributed by atoms with Crippen LogP contribution in [0.2, 0.25) is 10.0 Å². The van der Waals surface area contributed by atoms with Gasteiger partial charge in [0.2, 0.25) is 0 Å². The van der Waals surface area contributed by atoms with E-state index in [1.165, 1.54) is 16.0 Å². The molecule has 0 aliphatic carbocycles. The number of aryl methyl sites for hydroxylation is 1. The Morgan fingerprint density at radius 2 is 1.75 bits per heavy atom. The van der Waals surface area contributed by atoms with Gasteiger partial charge < -0.3 is 4.57 Å². The molecule has 0 spiro atoms. The number of amides is 2. The second-order valence-electron chi connectivity index (χ2n) is 8.51. The lowest BCUT2D eigenvalue weighted by Crippen LogP contribution is -2.27. The third kappa shape index (κ3) is 5.00. The highest BCUT2D eigenvalue weighted by molar-refractivity contribution is 9.10. The fourth-order valence-electron chi connectivity index (χ4n) is 4.37. The molecule has 4 nitrogen and oxygen atoms in total. The van der Waals surface area contributed by atoms with Crippen molar-refractivity contribution in [2.45, 2.75) is 26.4 Å². The smallest absolute Gasteiger partial charge is 0.293 e. The van der Waals surface area contributed by atoms with Crippen LogP contribution in [0, 0.1) is 0 Å². The van der Waals surface area contributed by atoms with Crippen LogP contribution in [0.15, 0.2) is 76.2 Å².